The topological polar surface area (TPSA) is 48.5 Å². The molecule has 0 radical (unpaired) electrons. The highest BCUT2D eigenvalue weighted by molar-refractivity contribution is 5.94. The number of aryl methyl sites for hydroxylation is 1. The molecule has 1 aromatic heterocycles. The number of hydrogen-bond donors (Lipinski definition) is 1. The number of piperazine rings is 1. The summed E-state index contributed by atoms with van der Waals surface area (Å²) < 4.78 is 0. The number of nitrogens with one attached hydrogen (secondary N) is 1. The van der Waals surface area contributed by atoms with Crippen molar-refractivity contribution in [1.82, 2.24) is 20.1 Å². The number of benzene rings is 1. The predicted molar refractivity (Wildman–Crippen MR) is 104 cm³/mol. The van der Waals surface area contributed by atoms with Gasteiger partial charge in [-0.25, -0.2) is 0 Å². The maximum absolute atomic E-state index is 12.3. The molecule has 3 rings (SSSR count). The molecule has 5 nitrogen and oxygen atoms in total. The molecule has 1 amide bonds. The minimum absolute atomic E-state index is 0.00262. The molecule has 1 fully saturated rings. The van der Waals surface area contributed by atoms with Gasteiger partial charge in [0.25, 0.3) is 5.91 Å². The van der Waals surface area contributed by atoms with Crippen molar-refractivity contribution in [2.75, 3.05) is 39.8 Å². The smallest absolute Gasteiger partial charge is 0.251 e. The fourth-order valence-corrected chi connectivity index (χ4v) is 3.15. The maximum Gasteiger partial charge on any atom is 0.251 e. The summed E-state index contributed by atoms with van der Waals surface area (Å²) in [5.74, 6) is -0.00262. The van der Waals surface area contributed by atoms with E-state index in [2.05, 4.69) is 39.3 Å². The van der Waals surface area contributed by atoms with Crippen LogP contribution in [0.5, 0.6) is 0 Å². The third-order valence-corrected chi connectivity index (χ3v) is 4.84. The molecule has 1 aliphatic heterocycles. The van der Waals surface area contributed by atoms with Crippen LogP contribution in [-0.4, -0.2) is 60.5 Å². The highest BCUT2D eigenvalue weighted by Crippen LogP contribution is 2.10. The Morgan fingerprint density at radius 1 is 1.08 bits per heavy atom. The molecule has 2 aromatic rings. The second-order valence-electron chi connectivity index (χ2n) is 6.96. The Morgan fingerprint density at radius 3 is 2.54 bits per heavy atom. The lowest BCUT2D eigenvalue weighted by atomic mass is 10.1. The van der Waals surface area contributed by atoms with Crippen molar-refractivity contribution in [3.63, 3.8) is 0 Å². The molecule has 0 unspecified atom stereocenters. The van der Waals surface area contributed by atoms with Crippen LogP contribution < -0.4 is 5.32 Å². The predicted octanol–water partition coefficient (Wildman–Crippen LogP) is 2.19. The number of carbonyl (C=O) groups is 1. The number of carbonyl (C=O) groups excluding carboxylic acids is 1. The first-order valence-electron chi connectivity index (χ1n) is 9.38. The Hall–Kier alpha value is -2.24. The summed E-state index contributed by atoms with van der Waals surface area (Å²) >= 11 is 0. The number of nitrogens with zero attached hydrogens (tertiary/aromatic N) is 3. The molecular weight excluding hydrogens is 324 g/mol. The zero-order chi connectivity index (χ0) is 18.2. The van der Waals surface area contributed by atoms with Crippen LogP contribution in [0, 0.1) is 0 Å². The number of aromatic nitrogens is 1. The summed E-state index contributed by atoms with van der Waals surface area (Å²) in [6.45, 7) is 6.08. The Balaban J connectivity index is 1.40. The van der Waals surface area contributed by atoms with E-state index in [0.717, 1.165) is 56.8 Å². The zero-order valence-corrected chi connectivity index (χ0v) is 15.5. The van der Waals surface area contributed by atoms with Crippen molar-refractivity contribution in [1.29, 1.82) is 0 Å². The molecular formula is C21H28N4O. The van der Waals surface area contributed by atoms with Crippen LogP contribution >= 0.6 is 0 Å². The maximum atomic E-state index is 12.3. The third-order valence-electron chi connectivity index (χ3n) is 4.84. The quantitative estimate of drug-likeness (QED) is 0.776. The molecule has 0 spiro atoms. The number of pyridine rings is 1. The summed E-state index contributed by atoms with van der Waals surface area (Å²) in [7, 11) is 2.17. The van der Waals surface area contributed by atoms with Crippen LogP contribution in [0.4, 0.5) is 0 Å². The van der Waals surface area contributed by atoms with Gasteiger partial charge in [0.15, 0.2) is 0 Å². The van der Waals surface area contributed by atoms with Crippen LogP contribution in [0.15, 0.2) is 48.7 Å². The minimum Gasteiger partial charge on any atom is -0.352 e. The second kappa shape index (κ2) is 9.46. The number of likely N-dealkylation sites (N-methyl/N-ethyl adjacent to an activating group) is 1. The number of rotatable bonds is 7. The van der Waals surface area contributed by atoms with Gasteiger partial charge in [0.05, 0.1) is 0 Å². The minimum atomic E-state index is -0.00262. The van der Waals surface area contributed by atoms with Crippen molar-refractivity contribution in [3.05, 3.63) is 65.5 Å². The van der Waals surface area contributed by atoms with E-state index < -0.39 is 0 Å². The first kappa shape index (κ1) is 18.5. The molecule has 0 atom stereocenters. The van der Waals surface area contributed by atoms with Crippen LogP contribution in [0.25, 0.3) is 0 Å². The summed E-state index contributed by atoms with van der Waals surface area (Å²) in [5, 5.41) is 2.99. The van der Waals surface area contributed by atoms with Gasteiger partial charge in [0, 0.05) is 56.7 Å². The van der Waals surface area contributed by atoms with Crippen LogP contribution in [0.3, 0.4) is 0 Å². The van der Waals surface area contributed by atoms with Gasteiger partial charge < -0.3 is 10.2 Å². The van der Waals surface area contributed by atoms with Crippen LogP contribution in [0.2, 0.25) is 0 Å². The van der Waals surface area contributed by atoms with E-state index in [-0.39, 0.29) is 5.91 Å². The average molecular weight is 352 g/mol. The van der Waals surface area contributed by atoms with E-state index in [1.807, 2.05) is 30.3 Å². The monoisotopic (exact) mass is 352 g/mol. The van der Waals surface area contributed by atoms with Crippen LogP contribution in [0.1, 0.15) is 28.0 Å². The van der Waals surface area contributed by atoms with E-state index >= 15 is 0 Å². The highest BCUT2D eigenvalue weighted by Gasteiger charge is 2.14. The average Bonchev–Trinajstić information content (AvgIpc) is 2.68. The third kappa shape index (κ3) is 5.64. The van der Waals surface area contributed by atoms with E-state index in [0.29, 0.717) is 6.54 Å². The molecule has 1 N–H and O–H groups in total. The first-order valence-corrected chi connectivity index (χ1v) is 9.38. The lowest BCUT2D eigenvalue weighted by Crippen LogP contribution is -2.43. The van der Waals surface area contributed by atoms with Crippen molar-refractivity contribution in [2.45, 2.75) is 19.4 Å². The summed E-state index contributed by atoms with van der Waals surface area (Å²) in [4.78, 5) is 21.4. The second-order valence-corrected chi connectivity index (χ2v) is 6.96. The highest BCUT2D eigenvalue weighted by atomic mass is 16.1. The van der Waals surface area contributed by atoms with Crippen molar-refractivity contribution in [3.8, 4) is 0 Å². The zero-order valence-electron chi connectivity index (χ0n) is 15.5. The van der Waals surface area contributed by atoms with Crippen molar-refractivity contribution >= 4 is 5.91 Å². The molecule has 1 aromatic carbocycles. The summed E-state index contributed by atoms with van der Waals surface area (Å²) in [6, 6.07) is 13.9. The van der Waals surface area contributed by atoms with Gasteiger partial charge in [-0.2, -0.15) is 0 Å². The normalized spacial score (nSPS) is 15.7. The molecule has 0 saturated carbocycles. The molecule has 2 heterocycles. The number of hydrogen-bond acceptors (Lipinski definition) is 4. The fourth-order valence-electron chi connectivity index (χ4n) is 3.15. The number of amides is 1. The SMILES string of the molecule is CN1CCN(Cc2ccc(C(=O)NCCCc3ccccn3)cc2)CC1. The molecule has 5 heteroatoms. The Morgan fingerprint density at radius 2 is 1.85 bits per heavy atom. The van der Waals surface area contributed by atoms with Gasteiger partial charge in [0.1, 0.15) is 0 Å². The van der Waals surface area contributed by atoms with Crippen molar-refractivity contribution in [2.24, 2.45) is 0 Å². The molecule has 26 heavy (non-hydrogen) atoms. The lowest BCUT2D eigenvalue weighted by Gasteiger charge is -2.32. The lowest BCUT2D eigenvalue weighted by molar-refractivity contribution is 0.0953. The fraction of sp³-hybridized carbons (Fsp3) is 0.429. The summed E-state index contributed by atoms with van der Waals surface area (Å²) in [6.07, 6.45) is 3.58. The van der Waals surface area contributed by atoms with Gasteiger partial charge in [0.2, 0.25) is 0 Å². The summed E-state index contributed by atoms with van der Waals surface area (Å²) in [5.41, 5.74) is 3.06. The molecule has 1 aliphatic rings. The van der Waals surface area contributed by atoms with Gasteiger partial charge in [-0.1, -0.05) is 18.2 Å². The Bertz CT molecular complexity index is 679. The molecule has 138 valence electrons. The van der Waals surface area contributed by atoms with Gasteiger partial charge in [-0.15, -0.1) is 0 Å². The first-order chi connectivity index (χ1) is 12.7. The van der Waals surface area contributed by atoms with Crippen molar-refractivity contribution < 1.29 is 4.79 Å². The molecule has 0 aliphatic carbocycles. The van der Waals surface area contributed by atoms with E-state index in [1.165, 1.54) is 5.56 Å². The van der Waals surface area contributed by atoms with E-state index in [4.69, 9.17) is 0 Å². The van der Waals surface area contributed by atoms with E-state index in [9.17, 15) is 4.79 Å². The standard InChI is InChI=1S/C21H28N4O/c1-24-13-15-25(16-14-24)17-18-7-9-19(10-8-18)21(26)23-12-4-6-20-5-2-3-11-22-20/h2-3,5,7-11H,4,6,12-17H2,1H3,(H,23,26). The Labute approximate surface area is 156 Å². The Kier molecular flexibility index (Phi) is 6.75. The van der Waals surface area contributed by atoms with Gasteiger partial charge in [-0.05, 0) is 49.7 Å². The van der Waals surface area contributed by atoms with Gasteiger partial charge in [-0.3, -0.25) is 14.7 Å². The van der Waals surface area contributed by atoms with Gasteiger partial charge >= 0.3 is 0 Å². The molecule has 0 bridgehead atoms. The largest absolute Gasteiger partial charge is 0.352 e. The van der Waals surface area contributed by atoms with Crippen LogP contribution in [-0.2, 0) is 13.0 Å². The molecule has 1 saturated heterocycles. The van der Waals surface area contributed by atoms with E-state index in [1.54, 1.807) is 6.20 Å².